The average Bonchev–Trinajstić information content (AvgIpc) is 3.30. The highest BCUT2D eigenvalue weighted by Gasteiger charge is 2.20. The molecule has 1 atom stereocenters. The minimum absolute atomic E-state index is 0.182. The first-order chi connectivity index (χ1) is 16.5. The minimum atomic E-state index is -1.04. The Morgan fingerprint density at radius 1 is 0.971 bits per heavy atom. The first-order valence-corrected chi connectivity index (χ1v) is 12.7. The number of nitrogens with zero attached hydrogens (tertiary/aromatic N) is 2. The molecule has 1 aromatic heterocycles. The van der Waals surface area contributed by atoms with Crippen LogP contribution in [-0.2, 0) is 11.2 Å². The van der Waals surface area contributed by atoms with Crippen LogP contribution in [0.1, 0.15) is 102 Å². The maximum atomic E-state index is 11.6. The number of carbonyl (C=O) groups excluding carboxylic acids is 1. The Morgan fingerprint density at radius 3 is 2.29 bits per heavy atom. The number of hydrogen-bond acceptors (Lipinski definition) is 5. The maximum Gasteiger partial charge on any atom is 0.404 e. The molecule has 34 heavy (non-hydrogen) atoms. The molecule has 8 heteroatoms. The van der Waals surface area contributed by atoms with Gasteiger partial charge in [0.25, 0.3) is 0 Å². The molecule has 0 fully saturated rings. The fraction of sp³-hybridized carbons (Fsp3) is 0.615. The van der Waals surface area contributed by atoms with Gasteiger partial charge in [0, 0.05) is 19.0 Å². The molecule has 1 aromatic carbocycles. The second kappa shape index (κ2) is 15.9. The molecule has 0 unspecified atom stereocenters. The van der Waals surface area contributed by atoms with E-state index < -0.39 is 12.1 Å². The van der Waals surface area contributed by atoms with Crippen LogP contribution in [0.5, 0.6) is 0 Å². The van der Waals surface area contributed by atoms with Gasteiger partial charge in [0.05, 0.1) is 0 Å². The van der Waals surface area contributed by atoms with Gasteiger partial charge in [-0.1, -0.05) is 81.3 Å². The number of aromatic nitrogens is 2. The van der Waals surface area contributed by atoms with Crippen LogP contribution >= 0.6 is 0 Å². The van der Waals surface area contributed by atoms with Gasteiger partial charge >= 0.3 is 6.09 Å². The first kappa shape index (κ1) is 27.3. The SMILES string of the molecule is CCCCCCCCCCc1ccc(-c2noc([C@H](CCCCNC(=O)O)NC(C)=O)n2)cc1. The molecule has 0 radical (unpaired) electrons. The number of aryl methyl sites for hydroxylation is 1. The summed E-state index contributed by atoms with van der Waals surface area (Å²) in [6.07, 6.45) is 12.5. The van der Waals surface area contributed by atoms with Crippen LogP contribution in [0.2, 0.25) is 0 Å². The zero-order valence-electron chi connectivity index (χ0n) is 20.6. The fourth-order valence-corrected chi connectivity index (χ4v) is 3.95. The number of nitrogens with one attached hydrogen (secondary N) is 2. The third kappa shape index (κ3) is 10.8. The lowest BCUT2D eigenvalue weighted by Crippen LogP contribution is -2.27. The number of amides is 2. The van der Waals surface area contributed by atoms with Gasteiger partial charge in [-0.05, 0) is 37.7 Å². The maximum absolute atomic E-state index is 11.6. The van der Waals surface area contributed by atoms with Gasteiger partial charge in [0.2, 0.25) is 17.6 Å². The summed E-state index contributed by atoms with van der Waals surface area (Å²) in [7, 11) is 0. The fourth-order valence-electron chi connectivity index (χ4n) is 3.95. The Balaban J connectivity index is 1.82. The molecule has 0 saturated heterocycles. The van der Waals surface area contributed by atoms with Crippen LogP contribution in [0.25, 0.3) is 11.4 Å². The van der Waals surface area contributed by atoms with Crippen molar-refractivity contribution in [1.82, 2.24) is 20.8 Å². The monoisotopic (exact) mass is 472 g/mol. The van der Waals surface area contributed by atoms with Gasteiger partial charge in [-0.2, -0.15) is 4.98 Å². The summed E-state index contributed by atoms with van der Waals surface area (Å²) >= 11 is 0. The van der Waals surface area contributed by atoms with Gasteiger partial charge in [-0.15, -0.1) is 0 Å². The van der Waals surface area contributed by atoms with E-state index >= 15 is 0 Å². The lowest BCUT2D eigenvalue weighted by Gasteiger charge is -2.13. The molecule has 3 N–H and O–H groups in total. The second-order valence-corrected chi connectivity index (χ2v) is 8.86. The van der Waals surface area contributed by atoms with Gasteiger partial charge in [0.15, 0.2) is 0 Å². The van der Waals surface area contributed by atoms with Gasteiger partial charge in [-0.25, -0.2) is 4.79 Å². The second-order valence-electron chi connectivity index (χ2n) is 8.86. The Kier molecular flexibility index (Phi) is 12.7. The summed E-state index contributed by atoms with van der Waals surface area (Å²) in [5.41, 5.74) is 2.19. The molecule has 188 valence electrons. The van der Waals surface area contributed by atoms with E-state index in [9.17, 15) is 9.59 Å². The van der Waals surface area contributed by atoms with Crippen LogP contribution in [0.4, 0.5) is 4.79 Å². The van der Waals surface area contributed by atoms with E-state index in [4.69, 9.17) is 9.63 Å². The van der Waals surface area contributed by atoms with Crippen LogP contribution in [0.15, 0.2) is 28.8 Å². The minimum Gasteiger partial charge on any atom is -0.465 e. The number of rotatable bonds is 17. The molecule has 0 aliphatic rings. The van der Waals surface area contributed by atoms with Crippen molar-refractivity contribution in [3.63, 3.8) is 0 Å². The number of carbonyl (C=O) groups is 2. The summed E-state index contributed by atoms with van der Waals surface area (Å²) in [5, 5.41) is 17.9. The van der Waals surface area contributed by atoms with E-state index in [1.807, 2.05) is 12.1 Å². The molecule has 2 rings (SSSR count). The highest BCUT2D eigenvalue weighted by Crippen LogP contribution is 2.23. The predicted molar refractivity (Wildman–Crippen MR) is 132 cm³/mol. The van der Waals surface area contributed by atoms with E-state index in [1.165, 1.54) is 63.9 Å². The standard InChI is InChI=1S/C26H40N4O4/c1-3-4-5-6-7-8-9-10-13-21-15-17-22(18-16-21)24-29-25(34-30-24)23(28-20(2)31)14-11-12-19-27-26(32)33/h15-18,23,27H,3-14,19H2,1-2H3,(H,28,31)(H,32,33)/t23-/m0/s1. The van der Waals surface area contributed by atoms with Gasteiger partial charge in [-0.3, -0.25) is 4.79 Å². The molecular weight excluding hydrogens is 432 g/mol. The molecule has 0 aliphatic heterocycles. The number of unbranched alkanes of at least 4 members (excludes halogenated alkanes) is 8. The topological polar surface area (TPSA) is 117 Å². The highest BCUT2D eigenvalue weighted by atomic mass is 16.5. The quantitative estimate of drug-likeness (QED) is 0.242. The molecule has 0 spiro atoms. The summed E-state index contributed by atoms with van der Waals surface area (Å²) in [5.74, 6) is 0.676. The van der Waals surface area contributed by atoms with Crippen molar-refractivity contribution in [2.75, 3.05) is 6.54 Å². The van der Waals surface area contributed by atoms with Crippen molar-refractivity contribution < 1.29 is 19.2 Å². The van der Waals surface area contributed by atoms with E-state index in [-0.39, 0.29) is 5.91 Å². The normalized spacial score (nSPS) is 11.8. The molecular formula is C26H40N4O4. The summed E-state index contributed by atoms with van der Waals surface area (Å²) in [6.45, 7) is 4.06. The largest absolute Gasteiger partial charge is 0.465 e. The number of carboxylic acid groups (broad SMARTS) is 1. The van der Waals surface area contributed by atoms with Crippen molar-refractivity contribution in [1.29, 1.82) is 0 Å². The van der Waals surface area contributed by atoms with Crippen LogP contribution < -0.4 is 10.6 Å². The molecule has 2 amide bonds. The Morgan fingerprint density at radius 2 is 1.65 bits per heavy atom. The van der Waals surface area contributed by atoms with Crippen molar-refractivity contribution in [3.05, 3.63) is 35.7 Å². The lowest BCUT2D eigenvalue weighted by molar-refractivity contribution is -0.119. The van der Waals surface area contributed by atoms with E-state index in [1.54, 1.807) is 0 Å². The molecule has 1 heterocycles. The Bertz CT molecular complexity index is 851. The summed E-state index contributed by atoms with van der Waals surface area (Å²) in [4.78, 5) is 26.7. The molecule has 0 aliphatic carbocycles. The lowest BCUT2D eigenvalue weighted by atomic mass is 10.0. The Labute approximate surface area is 202 Å². The van der Waals surface area contributed by atoms with Crippen molar-refractivity contribution in [2.24, 2.45) is 0 Å². The smallest absolute Gasteiger partial charge is 0.404 e. The Hall–Kier alpha value is -2.90. The zero-order chi connectivity index (χ0) is 24.6. The molecule has 0 saturated carbocycles. The van der Waals surface area contributed by atoms with Gasteiger partial charge < -0.3 is 20.3 Å². The van der Waals surface area contributed by atoms with Crippen LogP contribution in [-0.4, -0.2) is 33.8 Å². The summed E-state index contributed by atoms with van der Waals surface area (Å²) in [6, 6.07) is 7.87. The van der Waals surface area contributed by atoms with Gasteiger partial charge in [0.1, 0.15) is 6.04 Å². The van der Waals surface area contributed by atoms with E-state index in [0.717, 1.165) is 12.0 Å². The third-order valence-corrected chi connectivity index (χ3v) is 5.84. The third-order valence-electron chi connectivity index (χ3n) is 5.84. The average molecular weight is 473 g/mol. The molecule has 0 bridgehead atoms. The molecule has 8 nitrogen and oxygen atoms in total. The van der Waals surface area contributed by atoms with E-state index in [2.05, 4.69) is 39.8 Å². The number of benzene rings is 1. The first-order valence-electron chi connectivity index (χ1n) is 12.7. The van der Waals surface area contributed by atoms with Crippen LogP contribution in [0, 0.1) is 0 Å². The predicted octanol–water partition coefficient (Wildman–Crippen LogP) is 6.03. The van der Waals surface area contributed by atoms with Crippen molar-refractivity contribution in [2.45, 2.75) is 96.9 Å². The van der Waals surface area contributed by atoms with E-state index in [0.29, 0.717) is 37.5 Å². The van der Waals surface area contributed by atoms with Crippen LogP contribution in [0.3, 0.4) is 0 Å². The molecule has 2 aromatic rings. The number of hydrogen-bond donors (Lipinski definition) is 3. The van der Waals surface area contributed by atoms with Crippen molar-refractivity contribution in [3.8, 4) is 11.4 Å². The summed E-state index contributed by atoms with van der Waals surface area (Å²) < 4.78 is 5.45. The van der Waals surface area contributed by atoms with Crippen molar-refractivity contribution >= 4 is 12.0 Å². The highest BCUT2D eigenvalue weighted by molar-refractivity contribution is 5.73. The zero-order valence-corrected chi connectivity index (χ0v) is 20.6.